The predicted octanol–water partition coefficient (Wildman–Crippen LogP) is 1.39. The van der Waals surface area contributed by atoms with E-state index in [-0.39, 0.29) is 13.0 Å². The van der Waals surface area contributed by atoms with Crippen LogP contribution in [-0.2, 0) is 13.6 Å². The van der Waals surface area contributed by atoms with Gasteiger partial charge in [0.1, 0.15) is 0 Å². The second-order valence-corrected chi connectivity index (χ2v) is 3.86. The summed E-state index contributed by atoms with van der Waals surface area (Å²) in [5.74, 6) is 0. The highest BCUT2D eigenvalue weighted by Gasteiger charge is 2.12. The van der Waals surface area contributed by atoms with Crippen molar-refractivity contribution in [3.05, 3.63) is 0 Å². The molecule has 0 saturated carbocycles. The zero-order valence-corrected chi connectivity index (χ0v) is 6.93. The molecule has 1 atom stereocenters. The van der Waals surface area contributed by atoms with Crippen LogP contribution in [0.3, 0.4) is 0 Å². The molecule has 0 aliphatic heterocycles. The first kappa shape index (κ1) is 9.64. The molecule has 4 nitrogen and oxygen atoms in total. The van der Waals surface area contributed by atoms with Crippen LogP contribution >= 0.6 is 7.60 Å². The van der Waals surface area contributed by atoms with E-state index in [9.17, 15) is 4.57 Å². The van der Waals surface area contributed by atoms with E-state index >= 15 is 0 Å². The fraction of sp³-hybridized carbons (Fsp3) is 0.800. The first-order valence-electron chi connectivity index (χ1n) is 2.77. The molecule has 0 heterocycles. The van der Waals surface area contributed by atoms with Gasteiger partial charge < -0.3 is 9.05 Å². The van der Waals surface area contributed by atoms with Crippen LogP contribution in [0.25, 0.3) is 0 Å². The summed E-state index contributed by atoms with van der Waals surface area (Å²) in [5, 5.41) is 8.08. The summed E-state index contributed by atoms with van der Waals surface area (Å²) in [5.41, 5.74) is 0. The molecule has 0 aliphatic rings. The van der Waals surface area contributed by atoms with Gasteiger partial charge in [-0.15, -0.1) is 0 Å². The molecule has 10 heavy (non-hydrogen) atoms. The third kappa shape index (κ3) is 4.51. The largest absolute Gasteiger partial charge is 0.327 e. The van der Waals surface area contributed by atoms with Gasteiger partial charge in [0.15, 0.2) is 0 Å². The average Bonchev–Trinajstić information content (AvgIpc) is 1.89. The molecule has 0 spiro atoms. The summed E-state index contributed by atoms with van der Waals surface area (Å²) in [6.07, 6.45) is 0.237. The van der Waals surface area contributed by atoms with Gasteiger partial charge in [0, 0.05) is 13.8 Å². The van der Waals surface area contributed by atoms with Crippen molar-refractivity contribution in [2.45, 2.75) is 6.42 Å². The summed E-state index contributed by atoms with van der Waals surface area (Å²) in [4.78, 5) is 0. The molecular formula is C5H10NO3P. The van der Waals surface area contributed by atoms with Crippen molar-refractivity contribution in [1.29, 1.82) is 5.26 Å². The lowest BCUT2D eigenvalue weighted by molar-refractivity contribution is 0.243. The molecule has 0 rings (SSSR count). The number of nitriles is 1. The highest BCUT2D eigenvalue weighted by atomic mass is 31.2. The van der Waals surface area contributed by atoms with E-state index in [2.05, 4.69) is 4.52 Å². The minimum Gasteiger partial charge on any atom is -0.312 e. The van der Waals surface area contributed by atoms with Crippen LogP contribution in [0.5, 0.6) is 0 Å². The van der Waals surface area contributed by atoms with Gasteiger partial charge in [-0.2, -0.15) is 5.26 Å². The smallest absolute Gasteiger partial charge is 0.312 e. The van der Waals surface area contributed by atoms with Crippen molar-refractivity contribution in [3.8, 4) is 6.07 Å². The molecule has 1 unspecified atom stereocenters. The van der Waals surface area contributed by atoms with Gasteiger partial charge in [0.05, 0.1) is 19.1 Å². The maximum absolute atomic E-state index is 10.9. The lowest BCUT2D eigenvalue weighted by Gasteiger charge is -2.08. The van der Waals surface area contributed by atoms with Gasteiger partial charge >= 0.3 is 7.60 Å². The molecule has 0 N–H and O–H groups in total. The average molecular weight is 163 g/mol. The third-order valence-corrected chi connectivity index (χ3v) is 2.19. The lowest BCUT2D eigenvalue weighted by Crippen LogP contribution is -1.92. The summed E-state index contributed by atoms with van der Waals surface area (Å²) in [6, 6.07) is 1.86. The van der Waals surface area contributed by atoms with Crippen molar-refractivity contribution in [1.82, 2.24) is 0 Å². The summed E-state index contributed by atoms with van der Waals surface area (Å²) in [7, 11) is -1.54. The van der Waals surface area contributed by atoms with Gasteiger partial charge in [-0.25, -0.2) is 0 Å². The maximum Gasteiger partial charge on any atom is 0.327 e. The quantitative estimate of drug-likeness (QED) is 0.464. The van der Waals surface area contributed by atoms with E-state index < -0.39 is 7.60 Å². The second-order valence-electron chi connectivity index (χ2n) is 1.70. The van der Waals surface area contributed by atoms with E-state index in [0.29, 0.717) is 0 Å². The minimum atomic E-state index is -2.85. The molecule has 0 aromatic rings. The van der Waals surface area contributed by atoms with E-state index in [1.807, 2.05) is 6.07 Å². The third-order valence-electron chi connectivity index (χ3n) is 0.871. The van der Waals surface area contributed by atoms with E-state index in [1.54, 1.807) is 0 Å². The van der Waals surface area contributed by atoms with Crippen LogP contribution in [0.1, 0.15) is 6.42 Å². The van der Waals surface area contributed by atoms with Crippen LogP contribution in [0, 0.1) is 11.3 Å². The monoisotopic (exact) mass is 163 g/mol. The van der Waals surface area contributed by atoms with Gasteiger partial charge in [-0.3, -0.25) is 4.57 Å². The molecule has 0 aromatic carbocycles. The lowest BCUT2D eigenvalue weighted by atomic mass is 10.5. The Labute approximate surface area is 60.3 Å². The zero-order chi connectivity index (χ0) is 8.04. The van der Waals surface area contributed by atoms with E-state index in [1.165, 1.54) is 13.8 Å². The fourth-order valence-electron chi connectivity index (χ4n) is 0.310. The zero-order valence-electron chi connectivity index (χ0n) is 6.03. The molecule has 58 valence electrons. The van der Waals surface area contributed by atoms with Gasteiger partial charge in [0.2, 0.25) is 0 Å². The van der Waals surface area contributed by atoms with Crippen molar-refractivity contribution in [3.63, 3.8) is 0 Å². The normalized spacial score (nSPS) is 15.7. The highest BCUT2D eigenvalue weighted by molar-refractivity contribution is 7.52. The van der Waals surface area contributed by atoms with Crippen molar-refractivity contribution >= 4 is 7.60 Å². The Morgan fingerprint density at radius 1 is 1.70 bits per heavy atom. The molecule has 0 bridgehead atoms. The maximum atomic E-state index is 10.9. The Morgan fingerprint density at radius 3 is 2.70 bits per heavy atom. The van der Waals surface area contributed by atoms with Crippen LogP contribution in [0.15, 0.2) is 0 Å². The molecular weight excluding hydrogens is 153 g/mol. The molecule has 0 aromatic heterocycles. The predicted molar refractivity (Wildman–Crippen MR) is 36.7 cm³/mol. The molecule has 5 heteroatoms. The van der Waals surface area contributed by atoms with Crippen molar-refractivity contribution in [2.24, 2.45) is 0 Å². The number of hydrogen-bond acceptors (Lipinski definition) is 4. The molecule has 0 aliphatic carbocycles. The van der Waals surface area contributed by atoms with Crippen molar-refractivity contribution in [2.75, 3.05) is 20.4 Å². The van der Waals surface area contributed by atoms with Gasteiger partial charge in [0.25, 0.3) is 0 Å². The Balaban J connectivity index is 3.50. The standard InChI is InChI=1S/C5H10NO3P/c1-8-10(2,7)9-5-3-4-6/h3,5H2,1-2H3. The molecule has 0 fully saturated rings. The first-order valence-corrected chi connectivity index (χ1v) is 4.76. The Hall–Kier alpha value is -0.360. The van der Waals surface area contributed by atoms with E-state index in [0.717, 1.165) is 0 Å². The summed E-state index contributed by atoms with van der Waals surface area (Å²) >= 11 is 0. The first-order chi connectivity index (χ1) is 4.62. The Morgan fingerprint density at radius 2 is 2.30 bits per heavy atom. The van der Waals surface area contributed by atoms with Gasteiger partial charge in [-0.1, -0.05) is 0 Å². The topological polar surface area (TPSA) is 59.3 Å². The van der Waals surface area contributed by atoms with Crippen LogP contribution in [0.2, 0.25) is 0 Å². The molecule has 0 amide bonds. The molecule has 0 radical (unpaired) electrons. The van der Waals surface area contributed by atoms with Crippen LogP contribution < -0.4 is 0 Å². The van der Waals surface area contributed by atoms with Crippen LogP contribution in [-0.4, -0.2) is 20.4 Å². The number of rotatable bonds is 4. The minimum absolute atomic E-state index is 0.165. The van der Waals surface area contributed by atoms with Gasteiger partial charge in [-0.05, 0) is 0 Å². The van der Waals surface area contributed by atoms with Crippen LogP contribution in [0.4, 0.5) is 0 Å². The number of nitrogens with zero attached hydrogens (tertiary/aromatic N) is 1. The Bertz CT molecular complexity index is 174. The molecule has 0 saturated heterocycles. The van der Waals surface area contributed by atoms with E-state index in [4.69, 9.17) is 9.79 Å². The summed E-state index contributed by atoms with van der Waals surface area (Å²) in [6.45, 7) is 1.53. The number of hydrogen-bond donors (Lipinski definition) is 0. The fourth-order valence-corrected chi connectivity index (χ4v) is 0.838. The summed E-state index contributed by atoms with van der Waals surface area (Å²) < 4.78 is 20.1. The second kappa shape index (κ2) is 4.45. The Kier molecular flexibility index (Phi) is 4.29. The van der Waals surface area contributed by atoms with Crippen molar-refractivity contribution < 1.29 is 13.6 Å². The SMILES string of the molecule is COP(C)(=O)OCCC#N. The highest BCUT2D eigenvalue weighted by Crippen LogP contribution is 2.42.